The second-order valence-corrected chi connectivity index (χ2v) is 4.37. The molecule has 2 nitrogen and oxygen atoms in total. The molecule has 0 unspecified atom stereocenters. The van der Waals surface area contributed by atoms with Crippen LogP contribution in [0.15, 0.2) is 48.5 Å². The molecule has 3 heteroatoms. The largest absolute Gasteiger partial charge is 0.489 e. The van der Waals surface area contributed by atoms with Crippen LogP contribution in [0, 0.1) is 18.2 Å². The van der Waals surface area contributed by atoms with Gasteiger partial charge >= 0.3 is 0 Å². The maximum absolute atomic E-state index is 12.8. The molecular weight excluding hydrogens is 253 g/mol. The van der Waals surface area contributed by atoms with Crippen molar-refractivity contribution in [2.45, 2.75) is 13.2 Å². The summed E-state index contributed by atoms with van der Waals surface area (Å²) in [7, 11) is 0. The Hall–Kier alpha value is -2.31. The standard InChI is InChI=1S/C17H16FNO/c1-2-10-19-12-15-4-3-5-17(11-15)20-13-14-6-8-16(18)9-7-14/h1,3-9,11,19H,10,12-13H2. The molecule has 102 valence electrons. The fourth-order valence-electron chi connectivity index (χ4n) is 1.77. The predicted molar refractivity (Wildman–Crippen MR) is 77.7 cm³/mol. The molecule has 0 aliphatic carbocycles. The summed E-state index contributed by atoms with van der Waals surface area (Å²) in [6.07, 6.45) is 5.18. The van der Waals surface area contributed by atoms with Gasteiger partial charge in [-0.1, -0.05) is 30.2 Å². The van der Waals surface area contributed by atoms with Crippen molar-refractivity contribution in [1.29, 1.82) is 0 Å². The van der Waals surface area contributed by atoms with Gasteiger partial charge in [-0.3, -0.25) is 0 Å². The van der Waals surface area contributed by atoms with E-state index in [1.807, 2.05) is 24.3 Å². The normalized spacial score (nSPS) is 10.0. The molecule has 0 aliphatic heterocycles. The Morgan fingerprint density at radius 3 is 2.65 bits per heavy atom. The molecule has 2 aromatic rings. The fraction of sp³-hybridized carbons (Fsp3) is 0.176. The molecule has 0 saturated carbocycles. The molecule has 2 aromatic carbocycles. The van der Waals surface area contributed by atoms with Crippen molar-refractivity contribution in [3.63, 3.8) is 0 Å². The number of terminal acetylenes is 1. The lowest BCUT2D eigenvalue weighted by atomic mass is 10.2. The van der Waals surface area contributed by atoms with Gasteiger partial charge in [0.05, 0.1) is 6.54 Å². The van der Waals surface area contributed by atoms with Gasteiger partial charge < -0.3 is 10.1 Å². The lowest BCUT2D eigenvalue weighted by molar-refractivity contribution is 0.305. The quantitative estimate of drug-likeness (QED) is 0.642. The molecule has 0 atom stereocenters. The fourth-order valence-corrected chi connectivity index (χ4v) is 1.77. The van der Waals surface area contributed by atoms with E-state index in [0.717, 1.165) is 16.9 Å². The van der Waals surface area contributed by atoms with Crippen molar-refractivity contribution >= 4 is 0 Å². The van der Waals surface area contributed by atoms with Crippen molar-refractivity contribution in [3.05, 3.63) is 65.5 Å². The maximum atomic E-state index is 12.8. The maximum Gasteiger partial charge on any atom is 0.123 e. The Morgan fingerprint density at radius 2 is 1.90 bits per heavy atom. The van der Waals surface area contributed by atoms with Gasteiger partial charge in [-0.2, -0.15) is 0 Å². The minimum absolute atomic E-state index is 0.240. The Morgan fingerprint density at radius 1 is 1.10 bits per heavy atom. The van der Waals surface area contributed by atoms with Crippen molar-refractivity contribution in [2.75, 3.05) is 6.54 Å². The number of benzene rings is 2. The van der Waals surface area contributed by atoms with E-state index < -0.39 is 0 Å². The Bertz CT molecular complexity index is 587. The van der Waals surface area contributed by atoms with E-state index in [0.29, 0.717) is 19.7 Å². The summed E-state index contributed by atoms with van der Waals surface area (Å²) < 4.78 is 18.5. The van der Waals surface area contributed by atoms with Gasteiger partial charge in [0.2, 0.25) is 0 Å². The summed E-state index contributed by atoms with van der Waals surface area (Å²) in [5, 5.41) is 3.13. The molecule has 20 heavy (non-hydrogen) atoms. The van der Waals surface area contributed by atoms with E-state index >= 15 is 0 Å². The van der Waals surface area contributed by atoms with Crippen LogP contribution in [0.5, 0.6) is 5.75 Å². The van der Waals surface area contributed by atoms with Gasteiger partial charge in [0.1, 0.15) is 18.2 Å². The molecule has 0 heterocycles. The molecule has 0 bridgehead atoms. The summed E-state index contributed by atoms with van der Waals surface area (Å²) in [4.78, 5) is 0. The SMILES string of the molecule is C#CCNCc1cccc(OCc2ccc(F)cc2)c1. The lowest BCUT2D eigenvalue weighted by Gasteiger charge is -2.08. The summed E-state index contributed by atoms with van der Waals surface area (Å²) in [6, 6.07) is 14.1. The van der Waals surface area contributed by atoms with Crippen LogP contribution in [0.25, 0.3) is 0 Å². The summed E-state index contributed by atoms with van der Waals surface area (Å²) in [6.45, 7) is 1.67. The molecule has 0 saturated heterocycles. The van der Waals surface area contributed by atoms with Crippen LogP contribution in [0.4, 0.5) is 4.39 Å². The number of rotatable bonds is 6. The van der Waals surface area contributed by atoms with Gasteiger partial charge in [0.15, 0.2) is 0 Å². The summed E-state index contributed by atoms with van der Waals surface area (Å²) in [5.74, 6) is 3.08. The van der Waals surface area contributed by atoms with Crippen LogP contribution in [0.2, 0.25) is 0 Å². The van der Waals surface area contributed by atoms with Gasteiger partial charge in [0, 0.05) is 6.54 Å². The molecule has 0 radical (unpaired) electrons. The van der Waals surface area contributed by atoms with Crippen LogP contribution in [0.3, 0.4) is 0 Å². The lowest BCUT2D eigenvalue weighted by Crippen LogP contribution is -2.12. The third-order valence-corrected chi connectivity index (χ3v) is 2.77. The first-order valence-corrected chi connectivity index (χ1v) is 6.38. The topological polar surface area (TPSA) is 21.3 Å². The second-order valence-electron chi connectivity index (χ2n) is 4.37. The smallest absolute Gasteiger partial charge is 0.123 e. The second kappa shape index (κ2) is 7.32. The Labute approximate surface area is 118 Å². The van der Waals surface area contributed by atoms with Gasteiger partial charge in [-0.15, -0.1) is 6.42 Å². The molecule has 1 N–H and O–H groups in total. The third kappa shape index (κ3) is 4.42. The molecule has 0 fully saturated rings. The molecule has 0 aromatic heterocycles. The van der Waals surface area contributed by atoms with E-state index in [1.165, 1.54) is 12.1 Å². The molecule has 0 aliphatic rings. The zero-order chi connectivity index (χ0) is 14.2. The summed E-state index contributed by atoms with van der Waals surface area (Å²) in [5.41, 5.74) is 2.04. The zero-order valence-corrected chi connectivity index (χ0v) is 11.1. The predicted octanol–water partition coefficient (Wildman–Crippen LogP) is 3.13. The van der Waals surface area contributed by atoms with Crippen molar-refractivity contribution in [3.8, 4) is 18.1 Å². The van der Waals surface area contributed by atoms with Gasteiger partial charge in [0.25, 0.3) is 0 Å². The van der Waals surface area contributed by atoms with Crippen LogP contribution >= 0.6 is 0 Å². The molecule has 2 rings (SSSR count). The average molecular weight is 269 g/mol. The minimum atomic E-state index is -0.240. The average Bonchev–Trinajstić information content (AvgIpc) is 2.47. The first kappa shape index (κ1) is 14.1. The number of nitrogens with one attached hydrogen (secondary N) is 1. The monoisotopic (exact) mass is 269 g/mol. The highest BCUT2D eigenvalue weighted by Gasteiger charge is 1.99. The minimum Gasteiger partial charge on any atom is -0.489 e. The van der Waals surface area contributed by atoms with E-state index in [4.69, 9.17) is 11.2 Å². The van der Waals surface area contributed by atoms with Crippen molar-refractivity contribution in [2.24, 2.45) is 0 Å². The number of halogens is 1. The van der Waals surface area contributed by atoms with Crippen LogP contribution < -0.4 is 10.1 Å². The van der Waals surface area contributed by atoms with E-state index in [1.54, 1.807) is 12.1 Å². The number of hydrogen-bond acceptors (Lipinski definition) is 2. The van der Waals surface area contributed by atoms with E-state index in [9.17, 15) is 4.39 Å². The van der Waals surface area contributed by atoms with Crippen LogP contribution in [0.1, 0.15) is 11.1 Å². The number of hydrogen-bond donors (Lipinski definition) is 1. The first-order valence-electron chi connectivity index (χ1n) is 6.38. The van der Waals surface area contributed by atoms with Crippen molar-refractivity contribution < 1.29 is 9.13 Å². The van der Waals surface area contributed by atoms with E-state index in [2.05, 4.69) is 11.2 Å². The highest BCUT2D eigenvalue weighted by Crippen LogP contribution is 2.15. The third-order valence-electron chi connectivity index (χ3n) is 2.77. The zero-order valence-electron chi connectivity index (χ0n) is 11.1. The van der Waals surface area contributed by atoms with Crippen LogP contribution in [-0.2, 0) is 13.2 Å². The Balaban J connectivity index is 1.91. The Kier molecular flexibility index (Phi) is 5.16. The highest BCUT2D eigenvalue weighted by molar-refractivity contribution is 5.29. The molecular formula is C17H16FNO. The highest BCUT2D eigenvalue weighted by atomic mass is 19.1. The first-order chi connectivity index (χ1) is 9.78. The van der Waals surface area contributed by atoms with Crippen molar-refractivity contribution in [1.82, 2.24) is 5.32 Å². The summed E-state index contributed by atoms with van der Waals surface area (Å²) >= 11 is 0. The van der Waals surface area contributed by atoms with Gasteiger partial charge in [-0.25, -0.2) is 4.39 Å². The molecule has 0 spiro atoms. The van der Waals surface area contributed by atoms with E-state index in [-0.39, 0.29) is 5.82 Å². The number of ether oxygens (including phenoxy) is 1. The van der Waals surface area contributed by atoms with Gasteiger partial charge in [-0.05, 0) is 35.4 Å². The van der Waals surface area contributed by atoms with Crippen LogP contribution in [-0.4, -0.2) is 6.54 Å². The molecule has 0 amide bonds.